The predicted molar refractivity (Wildman–Crippen MR) is 62.9 cm³/mol. The Morgan fingerprint density at radius 3 is 2.44 bits per heavy atom. The topological polar surface area (TPSA) is 49.4 Å². The van der Waals surface area contributed by atoms with Crippen LogP contribution in [-0.2, 0) is 9.59 Å². The summed E-state index contributed by atoms with van der Waals surface area (Å²) in [5.41, 5.74) is 0. The zero-order valence-electron chi connectivity index (χ0n) is 10.5. The molecule has 0 aromatic rings. The molecule has 4 nitrogen and oxygen atoms in total. The van der Waals surface area contributed by atoms with Gasteiger partial charge in [0, 0.05) is 32.0 Å². The van der Waals surface area contributed by atoms with Crippen molar-refractivity contribution in [1.82, 2.24) is 10.2 Å². The molecule has 0 radical (unpaired) electrons. The third-order valence-corrected chi connectivity index (χ3v) is 3.34. The molecule has 0 aliphatic carbocycles. The molecule has 1 saturated heterocycles. The third-order valence-electron chi connectivity index (χ3n) is 3.34. The van der Waals surface area contributed by atoms with Gasteiger partial charge >= 0.3 is 0 Å². The average Bonchev–Trinajstić information content (AvgIpc) is 2.68. The lowest BCUT2D eigenvalue weighted by molar-refractivity contribution is -0.129. The van der Waals surface area contributed by atoms with Crippen LogP contribution in [0.2, 0.25) is 0 Å². The Balaban J connectivity index is 2.39. The maximum absolute atomic E-state index is 11.8. The van der Waals surface area contributed by atoms with Crippen molar-refractivity contribution in [3.63, 3.8) is 0 Å². The number of likely N-dealkylation sites (tertiary alicyclic amines) is 1. The molecule has 1 aliphatic heterocycles. The quantitative estimate of drug-likeness (QED) is 0.782. The van der Waals surface area contributed by atoms with Gasteiger partial charge in [-0.25, -0.2) is 0 Å². The smallest absolute Gasteiger partial charge is 0.223 e. The zero-order valence-corrected chi connectivity index (χ0v) is 10.5. The number of rotatable bonds is 4. The van der Waals surface area contributed by atoms with Gasteiger partial charge in [0.05, 0.1) is 0 Å². The van der Waals surface area contributed by atoms with E-state index in [1.807, 2.05) is 13.8 Å². The summed E-state index contributed by atoms with van der Waals surface area (Å²) >= 11 is 0. The molecule has 1 rings (SSSR count). The van der Waals surface area contributed by atoms with E-state index in [4.69, 9.17) is 0 Å². The maximum Gasteiger partial charge on any atom is 0.223 e. The minimum atomic E-state index is 0.0966. The molecule has 1 aliphatic rings. The fourth-order valence-electron chi connectivity index (χ4n) is 2.14. The van der Waals surface area contributed by atoms with E-state index in [0.29, 0.717) is 6.54 Å². The summed E-state index contributed by atoms with van der Waals surface area (Å²) in [7, 11) is 0. The second-order valence-corrected chi connectivity index (χ2v) is 4.47. The zero-order chi connectivity index (χ0) is 12.1. The van der Waals surface area contributed by atoms with Crippen LogP contribution in [0.15, 0.2) is 0 Å². The van der Waals surface area contributed by atoms with Crippen molar-refractivity contribution in [2.24, 2.45) is 5.92 Å². The highest BCUT2D eigenvalue weighted by Crippen LogP contribution is 2.12. The second kappa shape index (κ2) is 5.87. The first-order valence-electron chi connectivity index (χ1n) is 6.14. The predicted octanol–water partition coefficient (Wildman–Crippen LogP) is 1.16. The third kappa shape index (κ3) is 3.22. The highest BCUT2D eigenvalue weighted by Gasteiger charge is 2.26. The summed E-state index contributed by atoms with van der Waals surface area (Å²) in [6.45, 7) is 7.07. The molecule has 0 aromatic heterocycles. The van der Waals surface area contributed by atoms with E-state index in [0.717, 1.165) is 25.8 Å². The van der Waals surface area contributed by atoms with Gasteiger partial charge in [0.15, 0.2) is 0 Å². The highest BCUT2D eigenvalue weighted by atomic mass is 16.2. The van der Waals surface area contributed by atoms with Gasteiger partial charge in [0.25, 0.3) is 0 Å². The van der Waals surface area contributed by atoms with E-state index in [9.17, 15) is 9.59 Å². The lowest BCUT2D eigenvalue weighted by Gasteiger charge is -2.18. The SMILES string of the molecule is CCC(CC)C(=O)NC1CCN(C(C)=O)C1. The molecule has 0 bridgehead atoms. The van der Waals surface area contributed by atoms with Gasteiger partial charge in [-0.2, -0.15) is 0 Å². The molecule has 16 heavy (non-hydrogen) atoms. The largest absolute Gasteiger partial charge is 0.351 e. The molecule has 4 heteroatoms. The maximum atomic E-state index is 11.8. The number of nitrogens with zero attached hydrogens (tertiary/aromatic N) is 1. The van der Waals surface area contributed by atoms with Gasteiger partial charge in [-0.1, -0.05) is 13.8 Å². The summed E-state index contributed by atoms with van der Waals surface area (Å²) in [5.74, 6) is 0.353. The first-order valence-corrected chi connectivity index (χ1v) is 6.14. The van der Waals surface area contributed by atoms with E-state index in [2.05, 4.69) is 5.32 Å². The van der Waals surface area contributed by atoms with Gasteiger partial charge in [0.1, 0.15) is 0 Å². The molecule has 1 atom stereocenters. The summed E-state index contributed by atoms with van der Waals surface area (Å²) in [6.07, 6.45) is 2.64. The number of nitrogens with one attached hydrogen (secondary N) is 1. The lowest BCUT2D eigenvalue weighted by atomic mass is 10.0. The first kappa shape index (κ1) is 13.0. The lowest BCUT2D eigenvalue weighted by Crippen LogP contribution is -2.40. The molecular formula is C12H22N2O2. The van der Waals surface area contributed by atoms with Crippen molar-refractivity contribution >= 4 is 11.8 Å². The van der Waals surface area contributed by atoms with Crippen LogP contribution >= 0.6 is 0 Å². The van der Waals surface area contributed by atoms with E-state index < -0.39 is 0 Å². The Kier molecular flexibility index (Phi) is 4.77. The molecule has 1 heterocycles. The number of hydrogen-bond acceptors (Lipinski definition) is 2. The molecule has 0 aromatic carbocycles. The number of hydrogen-bond donors (Lipinski definition) is 1. The van der Waals surface area contributed by atoms with Gasteiger partial charge in [0.2, 0.25) is 11.8 Å². The normalized spacial score (nSPS) is 20.2. The van der Waals surface area contributed by atoms with Crippen LogP contribution in [0.3, 0.4) is 0 Å². The molecule has 1 N–H and O–H groups in total. The van der Waals surface area contributed by atoms with Crippen LogP contribution in [0.25, 0.3) is 0 Å². The molecule has 0 spiro atoms. The van der Waals surface area contributed by atoms with E-state index in [1.54, 1.807) is 11.8 Å². The van der Waals surface area contributed by atoms with Crippen LogP contribution in [0, 0.1) is 5.92 Å². The van der Waals surface area contributed by atoms with Crippen LogP contribution in [-0.4, -0.2) is 35.8 Å². The highest BCUT2D eigenvalue weighted by molar-refractivity contribution is 5.79. The Morgan fingerprint density at radius 1 is 1.38 bits per heavy atom. The van der Waals surface area contributed by atoms with Gasteiger partial charge in [-0.15, -0.1) is 0 Å². The van der Waals surface area contributed by atoms with Crippen LogP contribution < -0.4 is 5.32 Å². The Morgan fingerprint density at radius 2 is 2.00 bits per heavy atom. The minimum absolute atomic E-state index is 0.0966. The van der Waals surface area contributed by atoms with Crippen LogP contribution in [0.4, 0.5) is 0 Å². The van der Waals surface area contributed by atoms with Gasteiger partial charge in [-0.3, -0.25) is 9.59 Å². The monoisotopic (exact) mass is 226 g/mol. The second-order valence-electron chi connectivity index (χ2n) is 4.47. The number of carbonyl (C=O) groups is 2. The fourth-order valence-corrected chi connectivity index (χ4v) is 2.14. The molecule has 92 valence electrons. The molecular weight excluding hydrogens is 204 g/mol. The first-order chi connectivity index (χ1) is 7.58. The van der Waals surface area contributed by atoms with Crippen molar-refractivity contribution in [2.75, 3.05) is 13.1 Å². The Labute approximate surface area is 97.4 Å². The number of amides is 2. The summed E-state index contributed by atoms with van der Waals surface area (Å²) in [4.78, 5) is 24.7. The van der Waals surface area contributed by atoms with Crippen molar-refractivity contribution < 1.29 is 9.59 Å². The molecule has 0 saturated carbocycles. The molecule has 1 fully saturated rings. The molecule has 1 unspecified atom stereocenters. The standard InChI is InChI=1S/C12H22N2O2/c1-4-10(5-2)12(16)13-11-6-7-14(8-11)9(3)15/h10-11H,4-8H2,1-3H3,(H,13,16). The number of carbonyl (C=O) groups excluding carboxylic acids is 2. The molecule has 2 amide bonds. The summed E-state index contributed by atoms with van der Waals surface area (Å²) < 4.78 is 0. The Hall–Kier alpha value is -1.06. The van der Waals surface area contributed by atoms with E-state index in [1.165, 1.54) is 0 Å². The van der Waals surface area contributed by atoms with Crippen LogP contribution in [0.1, 0.15) is 40.0 Å². The van der Waals surface area contributed by atoms with E-state index in [-0.39, 0.29) is 23.8 Å². The fraction of sp³-hybridized carbons (Fsp3) is 0.833. The van der Waals surface area contributed by atoms with Crippen LogP contribution in [0.5, 0.6) is 0 Å². The van der Waals surface area contributed by atoms with Crippen molar-refractivity contribution in [1.29, 1.82) is 0 Å². The van der Waals surface area contributed by atoms with Crippen molar-refractivity contribution in [3.05, 3.63) is 0 Å². The van der Waals surface area contributed by atoms with Crippen molar-refractivity contribution in [2.45, 2.75) is 46.1 Å². The summed E-state index contributed by atoms with van der Waals surface area (Å²) in [6, 6.07) is 0.150. The minimum Gasteiger partial charge on any atom is -0.351 e. The Bertz CT molecular complexity index is 262. The van der Waals surface area contributed by atoms with Gasteiger partial charge in [-0.05, 0) is 19.3 Å². The van der Waals surface area contributed by atoms with Gasteiger partial charge < -0.3 is 10.2 Å². The average molecular weight is 226 g/mol. The summed E-state index contributed by atoms with van der Waals surface area (Å²) in [5, 5.41) is 3.03. The van der Waals surface area contributed by atoms with Crippen molar-refractivity contribution in [3.8, 4) is 0 Å². The van der Waals surface area contributed by atoms with E-state index >= 15 is 0 Å².